The molecule has 8 heteroatoms. The van der Waals surface area contributed by atoms with Crippen molar-refractivity contribution < 1.29 is 24.2 Å². The lowest BCUT2D eigenvalue weighted by molar-refractivity contribution is -0.146. The number of likely N-dealkylation sites (tertiary alicyclic amines) is 1. The highest BCUT2D eigenvalue weighted by molar-refractivity contribution is 5.99. The fourth-order valence-electron chi connectivity index (χ4n) is 5.58. The average molecular weight is 410 g/mol. The highest BCUT2D eigenvalue weighted by atomic mass is 16.5. The average Bonchev–Trinajstić information content (AvgIpc) is 3.26. The monoisotopic (exact) mass is 409 g/mol. The van der Waals surface area contributed by atoms with Crippen molar-refractivity contribution >= 4 is 17.7 Å². The van der Waals surface area contributed by atoms with Crippen LogP contribution in [0.2, 0.25) is 0 Å². The zero-order chi connectivity index (χ0) is 21.2. The first-order chi connectivity index (χ1) is 13.9. The summed E-state index contributed by atoms with van der Waals surface area (Å²) in [5, 5.41) is 14.7. The van der Waals surface area contributed by atoms with E-state index < -0.39 is 29.1 Å². The van der Waals surface area contributed by atoms with Crippen molar-refractivity contribution in [2.45, 2.75) is 76.0 Å². The van der Waals surface area contributed by atoms with Gasteiger partial charge < -0.3 is 25.4 Å². The minimum Gasteiger partial charge on any atom is -0.396 e. The third-order valence-corrected chi connectivity index (χ3v) is 6.94. The largest absolute Gasteiger partial charge is 0.396 e. The quantitative estimate of drug-likeness (QED) is 0.458. The van der Waals surface area contributed by atoms with Crippen LogP contribution in [0.15, 0.2) is 0 Å². The first kappa shape index (κ1) is 22.0. The van der Waals surface area contributed by atoms with Gasteiger partial charge >= 0.3 is 0 Å². The van der Waals surface area contributed by atoms with Gasteiger partial charge in [0.25, 0.3) is 0 Å². The molecular weight excluding hydrogens is 374 g/mol. The number of nitrogens with one attached hydrogen (secondary N) is 2. The van der Waals surface area contributed by atoms with Gasteiger partial charge in [0.1, 0.15) is 11.6 Å². The van der Waals surface area contributed by atoms with E-state index >= 15 is 0 Å². The number of carbonyl (C=O) groups is 3. The normalized spacial score (nSPS) is 35.1. The zero-order valence-corrected chi connectivity index (χ0v) is 17.8. The minimum atomic E-state index is -0.934. The Labute approximate surface area is 172 Å². The number of rotatable bonds is 10. The van der Waals surface area contributed by atoms with E-state index in [2.05, 4.69) is 17.6 Å². The molecule has 1 spiro atoms. The number of nitrogens with zero attached hydrogens (tertiary/aromatic N) is 1. The summed E-state index contributed by atoms with van der Waals surface area (Å²) in [4.78, 5) is 41.0. The van der Waals surface area contributed by atoms with Crippen LogP contribution in [0.5, 0.6) is 0 Å². The number of aliphatic hydroxyl groups excluding tert-OH is 1. The summed E-state index contributed by atoms with van der Waals surface area (Å²) in [7, 11) is 1.57. The van der Waals surface area contributed by atoms with Crippen molar-refractivity contribution in [1.29, 1.82) is 0 Å². The molecule has 0 aromatic carbocycles. The van der Waals surface area contributed by atoms with Crippen molar-refractivity contribution in [3.63, 3.8) is 0 Å². The van der Waals surface area contributed by atoms with Gasteiger partial charge in [0.2, 0.25) is 17.7 Å². The lowest BCUT2D eigenvalue weighted by atomic mass is 9.66. The maximum atomic E-state index is 13.5. The van der Waals surface area contributed by atoms with E-state index in [1.807, 2.05) is 6.92 Å². The Balaban J connectivity index is 1.90. The topological polar surface area (TPSA) is 108 Å². The number of ether oxygens (including phenoxy) is 1. The van der Waals surface area contributed by atoms with Crippen LogP contribution in [0, 0.1) is 11.8 Å². The second-order valence-corrected chi connectivity index (χ2v) is 8.80. The van der Waals surface area contributed by atoms with E-state index in [0.717, 1.165) is 19.3 Å². The summed E-state index contributed by atoms with van der Waals surface area (Å²) >= 11 is 0. The molecule has 3 saturated heterocycles. The Morgan fingerprint density at radius 2 is 1.97 bits per heavy atom. The molecule has 0 aromatic heterocycles. The molecule has 3 amide bonds. The molecule has 3 aliphatic rings. The fourth-order valence-corrected chi connectivity index (χ4v) is 5.58. The van der Waals surface area contributed by atoms with Crippen LogP contribution in [-0.4, -0.2) is 71.7 Å². The molecule has 3 rings (SSSR count). The highest BCUT2D eigenvalue weighted by Crippen LogP contribution is 2.63. The predicted molar refractivity (Wildman–Crippen MR) is 107 cm³/mol. The van der Waals surface area contributed by atoms with Crippen LogP contribution < -0.4 is 10.6 Å². The summed E-state index contributed by atoms with van der Waals surface area (Å²) < 4.78 is 6.45. The third-order valence-electron chi connectivity index (χ3n) is 6.94. The number of unbranched alkanes of at least 4 members (excludes halogenated alkanes) is 3. The lowest BCUT2D eigenvalue weighted by Gasteiger charge is -2.33. The van der Waals surface area contributed by atoms with Crippen molar-refractivity contribution in [3.05, 3.63) is 0 Å². The summed E-state index contributed by atoms with van der Waals surface area (Å²) in [5.74, 6) is -1.73. The van der Waals surface area contributed by atoms with E-state index in [1.165, 1.54) is 0 Å². The maximum absolute atomic E-state index is 13.5. The molecule has 3 aliphatic heterocycles. The summed E-state index contributed by atoms with van der Waals surface area (Å²) in [6.45, 7) is 5.06. The first-order valence-corrected chi connectivity index (χ1v) is 11.0. The van der Waals surface area contributed by atoms with Gasteiger partial charge in [0.05, 0.1) is 17.4 Å². The molecule has 3 N–H and O–H groups in total. The van der Waals surface area contributed by atoms with Gasteiger partial charge in [-0.2, -0.15) is 0 Å². The van der Waals surface area contributed by atoms with Gasteiger partial charge in [-0.25, -0.2) is 0 Å². The predicted octanol–water partition coefficient (Wildman–Crippen LogP) is 0.576. The standard InChI is InChI=1S/C21H35N3O5/c1-4-5-11-23-18(27)16-21-10-9-20(2,29-21)14(17(26)22-3)15(21)19(28)24(16)12-7-6-8-13-25/h14-16,25H,4-13H2,1-3H3,(H,22,26)(H,23,27)/t14-,15-,16?,20+,21?/m0/s1. The van der Waals surface area contributed by atoms with Gasteiger partial charge in [0, 0.05) is 26.7 Å². The van der Waals surface area contributed by atoms with Gasteiger partial charge in [0.15, 0.2) is 0 Å². The molecule has 8 nitrogen and oxygen atoms in total. The number of amides is 3. The van der Waals surface area contributed by atoms with Crippen LogP contribution in [-0.2, 0) is 19.1 Å². The molecule has 29 heavy (non-hydrogen) atoms. The second-order valence-electron chi connectivity index (χ2n) is 8.80. The Morgan fingerprint density at radius 1 is 1.21 bits per heavy atom. The fraction of sp³-hybridized carbons (Fsp3) is 0.857. The molecule has 0 aliphatic carbocycles. The molecule has 5 atom stereocenters. The van der Waals surface area contributed by atoms with Crippen LogP contribution in [0.4, 0.5) is 0 Å². The number of hydrogen-bond acceptors (Lipinski definition) is 5. The minimum absolute atomic E-state index is 0.113. The summed E-state index contributed by atoms with van der Waals surface area (Å²) in [5.41, 5.74) is -1.65. The first-order valence-electron chi connectivity index (χ1n) is 11.0. The van der Waals surface area contributed by atoms with Crippen LogP contribution in [0.25, 0.3) is 0 Å². The van der Waals surface area contributed by atoms with Crippen LogP contribution >= 0.6 is 0 Å². The molecular formula is C21H35N3O5. The lowest BCUT2D eigenvalue weighted by Crippen LogP contribution is -2.55. The van der Waals surface area contributed by atoms with Gasteiger partial charge in [-0.15, -0.1) is 0 Å². The summed E-state index contributed by atoms with van der Waals surface area (Å²) in [6, 6.07) is -0.706. The number of hydrogen-bond donors (Lipinski definition) is 3. The van der Waals surface area contributed by atoms with Crippen molar-refractivity contribution in [2.24, 2.45) is 11.8 Å². The molecule has 0 aromatic rings. The molecule has 3 heterocycles. The maximum Gasteiger partial charge on any atom is 0.245 e. The van der Waals surface area contributed by atoms with E-state index in [0.29, 0.717) is 38.8 Å². The van der Waals surface area contributed by atoms with E-state index in [1.54, 1.807) is 11.9 Å². The molecule has 3 fully saturated rings. The number of aliphatic hydroxyl groups is 1. The molecule has 164 valence electrons. The van der Waals surface area contributed by atoms with E-state index in [-0.39, 0.29) is 24.3 Å². The van der Waals surface area contributed by atoms with Crippen LogP contribution in [0.1, 0.15) is 58.8 Å². The van der Waals surface area contributed by atoms with Crippen molar-refractivity contribution in [3.8, 4) is 0 Å². The number of fused-ring (bicyclic) bond motifs is 1. The van der Waals surface area contributed by atoms with E-state index in [4.69, 9.17) is 9.84 Å². The Morgan fingerprint density at radius 3 is 2.62 bits per heavy atom. The van der Waals surface area contributed by atoms with Crippen LogP contribution in [0.3, 0.4) is 0 Å². The smallest absolute Gasteiger partial charge is 0.245 e. The van der Waals surface area contributed by atoms with Gasteiger partial charge in [-0.1, -0.05) is 13.3 Å². The molecule has 0 radical (unpaired) electrons. The Kier molecular flexibility index (Phi) is 6.53. The van der Waals surface area contributed by atoms with Crippen molar-refractivity contribution in [2.75, 3.05) is 26.7 Å². The summed E-state index contributed by atoms with van der Waals surface area (Å²) in [6.07, 6.45) is 5.25. The Hall–Kier alpha value is -1.67. The molecule has 2 unspecified atom stereocenters. The molecule has 2 bridgehead atoms. The van der Waals surface area contributed by atoms with Crippen molar-refractivity contribution in [1.82, 2.24) is 15.5 Å². The van der Waals surface area contributed by atoms with Gasteiger partial charge in [-0.05, 0) is 45.4 Å². The number of carbonyl (C=O) groups excluding carboxylic acids is 3. The SMILES string of the molecule is CCCCNC(=O)C1N(CCCCCO)C(=O)[C@@H]2[C@@H](C(=O)NC)[C@@]3(C)CCC12O3. The third kappa shape index (κ3) is 3.54. The van der Waals surface area contributed by atoms with Gasteiger partial charge in [-0.3, -0.25) is 14.4 Å². The highest BCUT2D eigenvalue weighted by Gasteiger charge is 2.77. The second kappa shape index (κ2) is 8.60. The Bertz CT molecular complexity index is 656. The zero-order valence-electron chi connectivity index (χ0n) is 17.8. The molecule has 0 saturated carbocycles. The van der Waals surface area contributed by atoms with E-state index in [9.17, 15) is 14.4 Å².